The quantitative estimate of drug-likeness (QED) is 0.800. The van der Waals surface area contributed by atoms with E-state index in [1.54, 1.807) is 0 Å². The fraction of sp³-hybridized carbons (Fsp3) is 0.529. The van der Waals surface area contributed by atoms with E-state index < -0.39 is 0 Å². The predicted molar refractivity (Wildman–Crippen MR) is 80.8 cm³/mol. The lowest BCUT2D eigenvalue weighted by Gasteiger charge is -2.31. The van der Waals surface area contributed by atoms with Crippen LogP contribution in [0.1, 0.15) is 37.7 Å². The van der Waals surface area contributed by atoms with Crippen LogP contribution in [0.5, 0.6) is 0 Å². The molecule has 1 aromatic carbocycles. The smallest absolute Gasteiger partial charge is 0.308 e. The molecule has 1 atom stereocenters. The van der Waals surface area contributed by atoms with Crippen LogP contribution in [-0.4, -0.2) is 37.0 Å². The number of likely N-dealkylation sites (tertiary alicyclic amines) is 1. The van der Waals surface area contributed by atoms with Crippen molar-refractivity contribution in [2.24, 2.45) is 5.92 Å². The van der Waals surface area contributed by atoms with Gasteiger partial charge in [0.1, 0.15) is 0 Å². The van der Waals surface area contributed by atoms with Crippen LogP contribution in [0.2, 0.25) is 0 Å². The number of amides is 1. The van der Waals surface area contributed by atoms with E-state index in [4.69, 9.17) is 4.74 Å². The molecule has 0 aromatic heterocycles. The first-order valence-electron chi connectivity index (χ1n) is 7.52. The third-order valence-electron chi connectivity index (χ3n) is 4.23. The molecule has 21 heavy (non-hydrogen) atoms. The standard InChI is InChI=1S/C17H23NO3/c1-13(14-6-4-3-5-7-14)12-16(19)18-10-8-15(9-11-18)17(20)21-2/h3-7,13,15H,8-12H2,1-2H3/t13-/m1/s1. The van der Waals surface area contributed by atoms with Gasteiger partial charge >= 0.3 is 5.97 Å². The molecule has 2 rings (SSSR count). The summed E-state index contributed by atoms with van der Waals surface area (Å²) in [6.07, 6.45) is 1.93. The van der Waals surface area contributed by atoms with Gasteiger partial charge in [-0.3, -0.25) is 9.59 Å². The van der Waals surface area contributed by atoms with E-state index >= 15 is 0 Å². The summed E-state index contributed by atoms with van der Waals surface area (Å²) in [7, 11) is 1.42. The van der Waals surface area contributed by atoms with Crippen LogP contribution < -0.4 is 0 Å². The van der Waals surface area contributed by atoms with Crippen LogP contribution in [0.25, 0.3) is 0 Å². The molecule has 0 unspecified atom stereocenters. The second-order valence-electron chi connectivity index (χ2n) is 5.69. The first-order chi connectivity index (χ1) is 10.1. The highest BCUT2D eigenvalue weighted by Gasteiger charge is 2.28. The normalized spacial score (nSPS) is 17.3. The van der Waals surface area contributed by atoms with Gasteiger partial charge in [-0.25, -0.2) is 0 Å². The lowest BCUT2D eigenvalue weighted by Crippen LogP contribution is -2.40. The topological polar surface area (TPSA) is 46.6 Å². The molecule has 0 bridgehead atoms. The molecule has 114 valence electrons. The predicted octanol–water partition coefficient (Wildman–Crippen LogP) is 2.59. The van der Waals surface area contributed by atoms with Crippen molar-refractivity contribution < 1.29 is 14.3 Å². The average molecular weight is 289 g/mol. The highest BCUT2D eigenvalue weighted by Crippen LogP contribution is 2.23. The second-order valence-corrected chi connectivity index (χ2v) is 5.69. The Morgan fingerprint density at radius 1 is 1.24 bits per heavy atom. The first-order valence-corrected chi connectivity index (χ1v) is 7.52. The van der Waals surface area contributed by atoms with Crippen LogP contribution in [-0.2, 0) is 14.3 Å². The average Bonchev–Trinajstić information content (AvgIpc) is 2.55. The molecule has 0 radical (unpaired) electrons. The summed E-state index contributed by atoms with van der Waals surface area (Å²) < 4.78 is 4.77. The van der Waals surface area contributed by atoms with E-state index in [1.807, 2.05) is 23.1 Å². The number of esters is 1. The van der Waals surface area contributed by atoms with Crippen molar-refractivity contribution in [2.75, 3.05) is 20.2 Å². The molecule has 1 saturated heterocycles. The van der Waals surface area contributed by atoms with Gasteiger partial charge < -0.3 is 9.64 Å². The molecular formula is C17H23NO3. The van der Waals surface area contributed by atoms with E-state index in [2.05, 4.69) is 19.1 Å². The highest BCUT2D eigenvalue weighted by atomic mass is 16.5. The van der Waals surface area contributed by atoms with Crippen molar-refractivity contribution in [3.63, 3.8) is 0 Å². The summed E-state index contributed by atoms with van der Waals surface area (Å²) in [5, 5.41) is 0. The number of methoxy groups -OCH3 is 1. The molecule has 0 N–H and O–H groups in total. The number of nitrogens with zero attached hydrogens (tertiary/aromatic N) is 1. The van der Waals surface area contributed by atoms with Crippen molar-refractivity contribution in [1.29, 1.82) is 0 Å². The lowest BCUT2D eigenvalue weighted by molar-refractivity contribution is -0.149. The fourth-order valence-corrected chi connectivity index (χ4v) is 2.82. The highest BCUT2D eigenvalue weighted by molar-refractivity contribution is 5.78. The zero-order chi connectivity index (χ0) is 15.2. The van der Waals surface area contributed by atoms with Crippen LogP contribution in [0.15, 0.2) is 30.3 Å². The Kier molecular flexibility index (Phi) is 5.37. The van der Waals surface area contributed by atoms with Crippen molar-refractivity contribution in [2.45, 2.75) is 32.1 Å². The van der Waals surface area contributed by atoms with Gasteiger partial charge in [0.25, 0.3) is 0 Å². The summed E-state index contributed by atoms with van der Waals surface area (Å²) >= 11 is 0. The van der Waals surface area contributed by atoms with Gasteiger partial charge in [0.15, 0.2) is 0 Å². The summed E-state index contributed by atoms with van der Waals surface area (Å²) in [6, 6.07) is 10.1. The Bertz CT molecular complexity index is 478. The van der Waals surface area contributed by atoms with Crippen LogP contribution >= 0.6 is 0 Å². The van der Waals surface area contributed by atoms with Gasteiger partial charge in [-0.05, 0) is 24.3 Å². The minimum atomic E-state index is -0.153. The summed E-state index contributed by atoms with van der Waals surface area (Å²) in [4.78, 5) is 25.7. The molecule has 4 nitrogen and oxygen atoms in total. The summed E-state index contributed by atoms with van der Waals surface area (Å²) in [5.41, 5.74) is 1.19. The van der Waals surface area contributed by atoms with Gasteiger partial charge in [0.05, 0.1) is 13.0 Å². The van der Waals surface area contributed by atoms with Gasteiger partial charge in [-0.1, -0.05) is 37.3 Å². The minimum absolute atomic E-state index is 0.0504. The number of rotatable bonds is 4. The number of ether oxygens (including phenoxy) is 1. The number of benzene rings is 1. The molecule has 4 heteroatoms. The molecule has 0 saturated carbocycles. The van der Waals surface area contributed by atoms with Crippen molar-refractivity contribution in [3.8, 4) is 0 Å². The zero-order valence-electron chi connectivity index (χ0n) is 12.7. The molecule has 1 amide bonds. The molecule has 0 aliphatic carbocycles. The van der Waals surface area contributed by atoms with E-state index in [9.17, 15) is 9.59 Å². The van der Waals surface area contributed by atoms with Gasteiger partial charge in [0.2, 0.25) is 5.91 Å². The van der Waals surface area contributed by atoms with E-state index in [-0.39, 0.29) is 23.7 Å². The van der Waals surface area contributed by atoms with Crippen molar-refractivity contribution in [3.05, 3.63) is 35.9 Å². The van der Waals surface area contributed by atoms with Crippen LogP contribution in [0.4, 0.5) is 0 Å². The molecule has 1 aromatic rings. The first kappa shape index (κ1) is 15.5. The zero-order valence-corrected chi connectivity index (χ0v) is 12.7. The summed E-state index contributed by atoms with van der Waals surface area (Å²) in [6.45, 7) is 3.38. The maximum absolute atomic E-state index is 12.3. The molecule has 1 aliphatic heterocycles. The minimum Gasteiger partial charge on any atom is -0.469 e. The number of hydrogen-bond acceptors (Lipinski definition) is 3. The van der Waals surface area contributed by atoms with Gasteiger partial charge in [0, 0.05) is 19.5 Å². The fourth-order valence-electron chi connectivity index (χ4n) is 2.82. The van der Waals surface area contributed by atoms with Crippen LogP contribution in [0.3, 0.4) is 0 Å². The molecular weight excluding hydrogens is 266 g/mol. The SMILES string of the molecule is COC(=O)C1CCN(C(=O)C[C@@H](C)c2ccccc2)CC1. The summed E-state index contributed by atoms with van der Waals surface area (Å²) in [5.74, 6) is 0.192. The molecule has 1 heterocycles. The largest absolute Gasteiger partial charge is 0.469 e. The number of piperidine rings is 1. The number of carbonyl (C=O) groups is 2. The Labute approximate surface area is 126 Å². The molecule has 1 fully saturated rings. The Hall–Kier alpha value is -1.84. The molecule has 1 aliphatic rings. The second kappa shape index (κ2) is 7.25. The van der Waals surface area contributed by atoms with E-state index in [0.717, 1.165) is 0 Å². The third-order valence-corrected chi connectivity index (χ3v) is 4.23. The lowest BCUT2D eigenvalue weighted by atomic mass is 9.94. The Morgan fingerprint density at radius 3 is 2.43 bits per heavy atom. The van der Waals surface area contributed by atoms with E-state index in [1.165, 1.54) is 12.7 Å². The number of carbonyl (C=O) groups excluding carboxylic acids is 2. The van der Waals surface area contributed by atoms with Crippen molar-refractivity contribution >= 4 is 11.9 Å². The maximum atomic E-state index is 12.3. The van der Waals surface area contributed by atoms with Crippen LogP contribution in [0, 0.1) is 5.92 Å². The van der Waals surface area contributed by atoms with Crippen molar-refractivity contribution in [1.82, 2.24) is 4.90 Å². The Morgan fingerprint density at radius 2 is 1.86 bits per heavy atom. The van der Waals surface area contributed by atoms with Gasteiger partial charge in [-0.2, -0.15) is 0 Å². The third kappa shape index (κ3) is 4.06. The van der Waals surface area contributed by atoms with Gasteiger partial charge in [-0.15, -0.1) is 0 Å². The molecule has 0 spiro atoms. The monoisotopic (exact) mass is 289 g/mol. The maximum Gasteiger partial charge on any atom is 0.308 e. The number of hydrogen-bond donors (Lipinski definition) is 0. The Balaban J connectivity index is 1.84. The van der Waals surface area contributed by atoms with E-state index in [0.29, 0.717) is 32.4 Å².